The Bertz CT molecular complexity index is 966. The van der Waals surface area contributed by atoms with Gasteiger partial charge < -0.3 is 16.0 Å². The average molecular weight is 492 g/mol. The minimum absolute atomic E-state index is 0.428. The van der Waals surface area contributed by atoms with Gasteiger partial charge in [-0.1, -0.05) is 44.7 Å². The maximum atomic E-state index is 10.5. The minimum atomic E-state index is 0.428. The number of hydrogen-bond acceptors (Lipinski definition) is 7. The van der Waals surface area contributed by atoms with Gasteiger partial charge in [0, 0.05) is 43.2 Å². The molecule has 1 aliphatic carbocycles. The molecule has 2 aromatic carbocycles. The molecule has 7 nitrogen and oxygen atoms in total. The van der Waals surface area contributed by atoms with Gasteiger partial charge in [-0.15, -0.1) is 5.06 Å². The quantitative estimate of drug-likeness (QED) is 0.214. The lowest BCUT2D eigenvalue weighted by Gasteiger charge is -2.25. The lowest BCUT2D eigenvalue weighted by atomic mass is 9.84. The Hall–Kier alpha value is -3.19. The normalized spacial score (nSPS) is 20.9. The fourth-order valence-electron chi connectivity index (χ4n) is 4.65. The summed E-state index contributed by atoms with van der Waals surface area (Å²) in [6.07, 6.45) is 12.7. The van der Waals surface area contributed by atoms with Crippen LogP contribution in [0.1, 0.15) is 74.2 Å². The molecule has 1 saturated heterocycles. The van der Waals surface area contributed by atoms with Crippen LogP contribution in [0.5, 0.6) is 5.75 Å². The van der Waals surface area contributed by atoms with Gasteiger partial charge in [0.1, 0.15) is 17.7 Å². The predicted molar refractivity (Wildman–Crippen MR) is 149 cm³/mol. The molecule has 194 valence electrons. The van der Waals surface area contributed by atoms with E-state index < -0.39 is 0 Å². The molecular weight excluding hydrogens is 450 g/mol. The van der Waals surface area contributed by atoms with Crippen LogP contribution >= 0.6 is 0 Å². The van der Waals surface area contributed by atoms with Gasteiger partial charge in [-0.25, -0.2) is 0 Å². The van der Waals surface area contributed by atoms with Crippen LogP contribution < -0.4 is 16.0 Å². The van der Waals surface area contributed by atoms with Crippen LogP contribution in [0.15, 0.2) is 58.6 Å². The zero-order valence-electron chi connectivity index (χ0n) is 21.7. The molecule has 0 amide bonds. The van der Waals surface area contributed by atoms with Crippen molar-refractivity contribution in [1.82, 2.24) is 5.06 Å². The molecular formula is C29H41N5O2. The van der Waals surface area contributed by atoms with Crippen molar-refractivity contribution in [2.75, 3.05) is 25.5 Å². The minimum Gasteiger partial charge on any atom is -0.406 e. The third-order valence-electron chi connectivity index (χ3n) is 6.91. The molecule has 2 atom stereocenters. The van der Waals surface area contributed by atoms with Crippen LogP contribution in [0.25, 0.3) is 0 Å². The van der Waals surface area contributed by atoms with Crippen LogP contribution in [0.2, 0.25) is 0 Å². The zero-order chi connectivity index (χ0) is 25.6. The van der Waals surface area contributed by atoms with Gasteiger partial charge in [-0.3, -0.25) is 9.79 Å². The fraction of sp³-hybridized carbons (Fsp3) is 0.483. The second kappa shape index (κ2) is 15.0. The number of carbonyl (C=O) groups excluding carboxylic acids is 1. The lowest BCUT2D eigenvalue weighted by Crippen LogP contribution is -2.32. The van der Waals surface area contributed by atoms with Crippen molar-refractivity contribution in [1.29, 1.82) is 0 Å². The molecule has 2 aliphatic rings. The van der Waals surface area contributed by atoms with Crippen LogP contribution in [0.3, 0.4) is 0 Å². The molecule has 2 unspecified atom stereocenters. The van der Waals surface area contributed by atoms with Crippen molar-refractivity contribution in [2.45, 2.75) is 64.3 Å². The Labute approximate surface area is 215 Å². The Morgan fingerprint density at radius 2 is 1.78 bits per heavy atom. The first kappa shape index (κ1) is 27.4. The summed E-state index contributed by atoms with van der Waals surface area (Å²) in [4.78, 5) is 20.8. The number of anilines is 1. The molecule has 36 heavy (non-hydrogen) atoms. The fourth-order valence-corrected chi connectivity index (χ4v) is 4.65. The van der Waals surface area contributed by atoms with Gasteiger partial charge >= 0.3 is 0 Å². The van der Waals surface area contributed by atoms with E-state index in [1.54, 1.807) is 12.1 Å². The summed E-state index contributed by atoms with van der Waals surface area (Å²) < 4.78 is 0. The van der Waals surface area contributed by atoms with Crippen molar-refractivity contribution < 1.29 is 9.63 Å². The largest absolute Gasteiger partial charge is 0.406 e. The highest BCUT2D eigenvalue weighted by molar-refractivity contribution is 6.38. The van der Waals surface area contributed by atoms with Crippen molar-refractivity contribution in [2.24, 2.45) is 21.9 Å². The Morgan fingerprint density at radius 3 is 2.39 bits per heavy atom. The SMILES string of the molecule is CCC1CCCC(N=C/C(=N\N)c2ccc(NC)cc2)C1.O=Cc1ccc(ON2CCCCC2)cc1. The van der Waals surface area contributed by atoms with Crippen LogP contribution in [-0.2, 0) is 0 Å². The number of nitrogens with zero attached hydrogens (tertiary/aromatic N) is 3. The van der Waals surface area contributed by atoms with Crippen molar-refractivity contribution in [3.05, 3.63) is 59.7 Å². The Kier molecular flexibility index (Phi) is 11.4. The van der Waals surface area contributed by atoms with E-state index in [0.29, 0.717) is 11.6 Å². The molecule has 7 heteroatoms. The molecule has 2 fully saturated rings. The summed E-state index contributed by atoms with van der Waals surface area (Å²) in [7, 11) is 1.90. The van der Waals surface area contributed by atoms with Crippen LogP contribution in [-0.4, -0.2) is 49.5 Å². The smallest absolute Gasteiger partial charge is 0.150 e. The topological polar surface area (TPSA) is 92.3 Å². The Balaban J connectivity index is 0.000000212. The second-order valence-electron chi connectivity index (χ2n) is 9.48. The van der Waals surface area contributed by atoms with Gasteiger partial charge in [-0.2, -0.15) is 5.10 Å². The van der Waals surface area contributed by atoms with Crippen molar-refractivity contribution >= 4 is 23.9 Å². The third-order valence-corrected chi connectivity index (χ3v) is 6.91. The summed E-state index contributed by atoms with van der Waals surface area (Å²) in [5, 5.41) is 8.97. The molecule has 4 rings (SSSR count). The van der Waals surface area contributed by atoms with E-state index in [1.807, 2.05) is 54.7 Å². The summed E-state index contributed by atoms with van der Waals surface area (Å²) in [6.45, 7) is 4.26. The molecule has 3 N–H and O–H groups in total. The third kappa shape index (κ3) is 8.79. The number of hydrazone groups is 1. The summed E-state index contributed by atoms with van der Waals surface area (Å²) in [5.74, 6) is 7.16. The number of aliphatic imine (C=N–C) groups is 1. The molecule has 1 heterocycles. The van der Waals surface area contributed by atoms with E-state index in [2.05, 4.69) is 17.3 Å². The summed E-state index contributed by atoms with van der Waals surface area (Å²) >= 11 is 0. The first-order valence-corrected chi connectivity index (χ1v) is 13.2. The van der Waals surface area contributed by atoms with E-state index in [-0.39, 0.29) is 0 Å². The highest BCUT2D eigenvalue weighted by Crippen LogP contribution is 2.28. The molecule has 0 aromatic heterocycles. The van der Waals surface area contributed by atoms with Crippen molar-refractivity contribution in [3.8, 4) is 5.75 Å². The number of nitrogens with two attached hydrogens (primary N) is 1. The van der Waals surface area contributed by atoms with Gasteiger partial charge in [0.2, 0.25) is 0 Å². The highest BCUT2D eigenvalue weighted by atomic mass is 16.7. The number of hydroxylamine groups is 2. The zero-order valence-corrected chi connectivity index (χ0v) is 21.7. The monoisotopic (exact) mass is 491 g/mol. The number of nitrogens with one attached hydrogen (secondary N) is 1. The molecule has 2 aromatic rings. The number of hydrogen-bond donors (Lipinski definition) is 2. The van der Waals surface area contributed by atoms with Gasteiger partial charge in [0.05, 0.1) is 6.04 Å². The van der Waals surface area contributed by atoms with Gasteiger partial charge in [0.15, 0.2) is 0 Å². The van der Waals surface area contributed by atoms with Crippen molar-refractivity contribution in [3.63, 3.8) is 0 Å². The van der Waals surface area contributed by atoms with Crippen LogP contribution in [0, 0.1) is 5.92 Å². The van der Waals surface area contributed by atoms with E-state index in [1.165, 1.54) is 51.4 Å². The predicted octanol–water partition coefficient (Wildman–Crippen LogP) is 5.71. The standard InChI is InChI=1S/C17H26N4.C12H15NO2/c1-3-13-5-4-6-16(11-13)20-12-17(21-18)14-7-9-15(19-2)10-8-14;14-10-11-4-6-12(7-5-11)15-13-8-2-1-3-9-13/h7-10,12-13,16,19H,3-6,11,18H2,1-2H3;4-7,10H,1-3,8-9H2/b20-12?,21-17+;. The molecule has 0 bridgehead atoms. The maximum Gasteiger partial charge on any atom is 0.150 e. The molecule has 1 saturated carbocycles. The first-order chi connectivity index (χ1) is 17.6. The number of aldehydes is 1. The van der Waals surface area contributed by atoms with Gasteiger partial charge in [0.25, 0.3) is 0 Å². The number of rotatable bonds is 8. The molecule has 1 aliphatic heterocycles. The number of piperidine rings is 1. The summed E-state index contributed by atoms with van der Waals surface area (Å²) in [6, 6.07) is 15.7. The van der Waals surface area contributed by atoms with Crippen LogP contribution in [0.4, 0.5) is 5.69 Å². The van der Waals surface area contributed by atoms with E-state index in [9.17, 15) is 4.79 Å². The van der Waals surface area contributed by atoms with Gasteiger partial charge in [-0.05, 0) is 68.0 Å². The molecule has 0 spiro atoms. The molecule has 0 radical (unpaired) electrons. The maximum absolute atomic E-state index is 10.5. The van der Waals surface area contributed by atoms with E-state index in [0.717, 1.165) is 48.0 Å². The lowest BCUT2D eigenvalue weighted by molar-refractivity contribution is -0.0720. The number of benzene rings is 2. The average Bonchev–Trinajstić information content (AvgIpc) is 2.95. The van der Waals surface area contributed by atoms with E-state index in [4.69, 9.17) is 15.7 Å². The first-order valence-electron chi connectivity index (χ1n) is 13.2. The second-order valence-corrected chi connectivity index (χ2v) is 9.48. The highest BCUT2D eigenvalue weighted by Gasteiger charge is 2.19. The Morgan fingerprint density at radius 1 is 1.06 bits per heavy atom. The number of carbonyl (C=O) groups is 1. The summed E-state index contributed by atoms with van der Waals surface area (Å²) in [5.41, 5.74) is 3.51. The van der Waals surface area contributed by atoms with E-state index >= 15 is 0 Å².